The highest BCUT2D eigenvalue weighted by molar-refractivity contribution is 7.51. The number of fused-ring (bicyclic) bond motifs is 1. The number of nitrogens with one attached hydrogen (secondary N) is 1. The van der Waals surface area contributed by atoms with E-state index in [1.165, 1.54) is 12.1 Å². The Bertz CT molecular complexity index is 1030. The van der Waals surface area contributed by atoms with Crippen molar-refractivity contribution < 1.29 is 4.79 Å². The Morgan fingerprint density at radius 2 is 2.19 bits per heavy atom. The minimum atomic E-state index is 0.244. The lowest BCUT2D eigenvalue weighted by Crippen LogP contribution is -2.32. The summed E-state index contributed by atoms with van der Waals surface area (Å²) in [5, 5.41) is 4.54. The summed E-state index contributed by atoms with van der Waals surface area (Å²) in [4.78, 5) is 20.9. The van der Waals surface area contributed by atoms with Crippen molar-refractivity contribution >= 4 is 25.7 Å². The van der Waals surface area contributed by atoms with Gasteiger partial charge in [-0.1, -0.05) is 21.6 Å². The first-order valence-corrected chi connectivity index (χ1v) is 12.1. The van der Waals surface area contributed by atoms with Crippen LogP contribution in [0.4, 0.5) is 0 Å². The summed E-state index contributed by atoms with van der Waals surface area (Å²) in [5.41, 5.74) is 5.59. The average molecular weight is 438 g/mol. The molecule has 164 valence electrons. The van der Waals surface area contributed by atoms with Gasteiger partial charge in [0, 0.05) is 50.8 Å². The van der Waals surface area contributed by atoms with Gasteiger partial charge in [-0.3, -0.25) is 9.78 Å². The lowest BCUT2D eigenvalue weighted by atomic mass is 10.2. The number of carbonyl (C=O) groups is 1. The molecule has 7 heteroatoms. The van der Waals surface area contributed by atoms with E-state index in [1.54, 1.807) is 6.08 Å². The lowest BCUT2D eigenvalue weighted by molar-refractivity contribution is -0.104. The molecule has 2 aliphatic rings. The Labute approximate surface area is 186 Å². The molecule has 6 nitrogen and oxygen atoms in total. The molecular weight excluding hydrogens is 405 g/mol. The second-order valence-electron chi connectivity index (χ2n) is 8.18. The largest absolute Gasteiger partial charge is 0.369 e. The van der Waals surface area contributed by atoms with E-state index in [4.69, 9.17) is 0 Å². The van der Waals surface area contributed by atoms with Crippen LogP contribution in [0.1, 0.15) is 30.3 Å². The predicted molar refractivity (Wildman–Crippen MR) is 129 cm³/mol. The normalized spacial score (nSPS) is 20.5. The highest BCUT2D eigenvalue weighted by Crippen LogP contribution is 2.41. The van der Waals surface area contributed by atoms with Crippen LogP contribution in [0, 0.1) is 6.92 Å². The molecule has 1 fully saturated rings. The predicted octanol–water partition coefficient (Wildman–Crippen LogP) is 3.39. The van der Waals surface area contributed by atoms with Gasteiger partial charge >= 0.3 is 0 Å². The standard InChI is InChI=1S/C24H32N5OP/c1-4-21-22-14-19(16-29(22)15-18(2)26-21)23(8-13-30)31-24-7-6-20(17-27(24)3)28-11-5-9-25-10-12-28/h6-8,13-17,24-25,31H,4-5,9-12H2,1-3H3/b23-8-. The van der Waals surface area contributed by atoms with Gasteiger partial charge in [-0.25, -0.2) is 0 Å². The van der Waals surface area contributed by atoms with E-state index in [0.29, 0.717) is 8.58 Å². The van der Waals surface area contributed by atoms with Gasteiger partial charge in [0.25, 0.3) is 0 Å². The Morgan fingerprint density at radius 3 is 2.97 bits per heavy atom. The Morgan fingerprint density at radius 1 is 1.32 bits per heavy atom. The zero-order valence-electron chi connectivity index (χ0n) is 18.6. The van der Waals surface area contributed by atoms with Crippen LogP contribution in [0.25, 0.3) is 10.8 Å². The number of aromatic nitrogens is 2. The van der Waals surface area contributed by atoms with Gasteiger partial charge in [-0.15, -0.1) is 0 Å². The minimum absolute atomic E-state index is 0.244. The molecule has 2 aromatic rings. The molecule has 0 saturated carbocycles. The van der Waals surface area contributed by atoms with E-state index in [0.717, 1.165) is 66.7 Å². The summed E-state index contributed by atoms with van der Waals surface area (Å²) in [6, 6.07) is 2.17. The number of carbonyl (C=O) groups excluding carboxylic acids is 1. The smallest absolute Gasteiger partial charge is 0.143 e. The van der Waals surface area contributed by atoms with Crippen molar-refractivity contribution in [1.29, 1.82) is 0 Å². The molecule has 2 unspecified atom stereocenters. The number of likely N-dealkylation sites (N-methyl/N-ethyl adjacent to an activating group) is 1. The number of aryl methyl sites for hydroxylation is 2. The number of hydrogen-bond acceptors (Lipinski definition) is 5. The maximum atomic E-state index is 11.4. The molecule has 0 spiro atoms. The van der Waals surface area contributed by atoms with Crippen molar-refractivity contribution in [2.75, 3.05) is 33.2 Å². The fraction of sp³-hybridized carbons (Fsp3) is 0.417. The quantitative estimate of drug-likeness (QED) is 0.427. The fourth-order valence-corrected chi connectivity index (χ4v) is 5.54. The van der Waals surface area contributed by atoms with Gasteiger partial charge in [0.05, 0.1) is 28.4 Å². The molecule has 4 heterocycles. The third-order valence-corrected chi connectivity index (χ3v) is 7.56. The molecule has 31 heavy (non-hydrogen) atoms. The number of rotatable bonds is 6. The Kier molecular flexibility index (Phi) is 6.89. The monoisotopic (exact) mass is 437 g/mol. The second-order valence-corrected chi connectivity index (χ2v) is 9.60. The zero-order chi connectivity index (χ0) is 21.8. The molecule has 2 aromatic heterocycles. The first-order chi connectivity index (χ1) is 15.1. The van der Waals surface area contributed by atoms with Crippen molar-refractivity contribution in [2.45, 2.75) is 32.5 Å². The molecule has 1 saturated heterocycles. The van der Waals surface area contributed by atoms with Crippen molar-refractivity contribution in [3.8, 4) is 0 Å². The van der Waals surface area contributed by atoms with Crippen molar-refractivity contribution in [3.63, 3.8) is 0 Å². The highest BCUT2D eigenvalue weighted by atomic mass is 31.1. The van der Waals surface area contributed by atoms with Gasteiger partial charge in [0.15, 0.2) is 0 Å². The average Bonchev–Trinajstić information content (AvgIpc) is 2.99. The van der Waals surface area contributed by atoms with Crippen LogP contribution in [0.5, 0.6) is 0 Å². The molecule has 0 amide bonds. The van der Waals surface area contributed by atoms with Crippen LogP contribution >= 0.6 is 8.58 Å². The molecule has 4 rings (SSSR count). The lowest BCUT2D eigenvalue weighted by Gasteiger charge is -2.33. The van der Waals surface area contributed by atoms with E-state index >= 15 is 0 Å². The number of aldehydes is 1. The van der Waals surface area contributed by atoms with Gasteiger partial charge in [-0.2, -0.15) is 0 Å². The maximum absolute atomic E-state index is 11.4. The zero-order valence-corrected chi connectivity index (χ0v) is 19.6. The fourth-order valence-electron chi connectivity index (χ4n) is 4.28. The Balaban J connectivity index is 1.54. The van der Waals surface area contributed by atoms with E-state index in [-0.39, 0.29) is 5.78 Å². The van der Waals surface area contributed by atoms with Gasteiger partial charge in [0.1, 0.15) is 6.29 Å². The summed E-state index contributed by atoms with van der Waals surface area (Å²) in [6.07, 6.45) is 15.7. The molecule has 2 atom stereocenters. The van der Waals surface area contributed by atoms with E-state index < -0.39 is 0 Å². The first kappa shape index (κ1) is 21.8. The van der Waals surface area contributed by atoms with Crippen LogP contribution in [0.3, 0.4) is 0 Å². The van der Waals surface area contributed by atoms with E-state index in [9.17, 15) is 4.79 Å². The molecule has 0 bridgehead atoms. The number of hydrogen-bond donors (Lipinski definition) is 1. The van der Waals surface area contributed by atoms with Crippen LogP contribution in [-0.2, 0) is 11.2 Å². The molecule has 0 aromatic carbocycles. The second kappa shape index (κ2) is 9.80. The maximum Gasteiger partial charge on any atom is 0.143 e. The first-order valence-electron chi connectivity index (χ1n) is 11.1. The third-order valence-electron chi connectivity index (χ3n) is 5.89. The van der Waals surface area contributed by atoms with Crippen molar-refractivity contribution in [2.24, 2.45) is 0 Å². The SMILES string of the molecule is CCc1nc(C)cn2cc(/C(=C/C=O)PC3C=CC(N4CCCNCC4)=CN3C)cc12. The van der Waals surface area contributed by atoms with Crippen LogP contribution in [-0.4, -0.2) is 64.5 Å². The molecular formula is C24H32N5OP. The Hall–Kier alpha value is -2.43. The molecule has 2 aliphatic heterocycles. The third kappa shape index (κ3) is 4.91. The van der Waals surface area contributed by atoms with Crippen LogP contribution in [0.15, 0.2) is 48.6 Å². The summed E-state index contributed by atoms with van der Waals surface area (Å²) in [7, 11) is 2.61. The highest BCUT2D eigenvalue weighted by Gasteiger charge is 2.20. The van der Waals surface area contributed by atoms with Crippen molar-refractivity contribution in [3.05, 3.63) is 65.5 Å². The number of nitrogens with zero attached hydrogens (tertiary/aromatic N) is 4. The molecule has 0 aliphatic carbocycles. The van der Waals surface area contributed by atoms with Crippen LogP contribution in [0.2, 0.25) is 0 Å². The summed E-state index contributed by atoms with van der Waals surface area (Å²) in [5.74, 6) is 0.244. The summed E-state index contributed by atoms with van der Waals surface area (Å²) >= 11 is 0. The van der Waals surface area contributed by atoms with Gasteiger partial charge < -0.3 is 19.5 Å². The van der Waals surface area contributed by atoms with Gasteiger partial charge in [0.2, 0.25) is 0 Å². The van der Waals surface area contributed by atoms with E-state index in [1.807, 2.05) is 6.92 Å². The van der Waals surface area contributed by atoms with Gasteiger partial charge in [-0.05, 0) is 49.8 Å². The molecule has 1 N–H and O–H groups in total. The molecule has 0 radical (unpaired) electrons. The number of allylic oxidation sites excluding steroid dienone is 2. The minimum Gasteiger partial charge on any atom is -0.369 e. The van der Waals surface area contributed by atoms with E-state index in [2.05, 4.69) is 75.3 Å². The summed E-state index contributed by atoms with van der Waals surface area (Å²) < 4.78 is 2.14. The topological polar surface area (TPSA) is 52.9 Å². The summed E-state index contributed by atoms with van der Waals surface area (Å²) in [6.45, 7) is 8.40. The van der Waals surface area contributed by atoms with Crippen LogP contribution < -0.4 is 5.32 Å². The van der Waals surface area contributed by atoms with Crippen molar-refractivity contribution in [1.82, 2.24) is 24.5 Å².